The van der Waals surface area contributed by atoms with Crippen molar-refractivity contribution in [3.8, 4) is 0 Å². The first kappa shape index (κ1) is 15.1. The molecule has 0 amide bonds. The van der Waals surface area contributed by atoms with Crippen molar-refractivity contribution in [1.29, 1.82) is 0 Å². The monoisotopic (exact) mass is 329 g/mol. The molecule has 0 atom stereocenters. The number of ketones is 1. The van der Waals surface area contributed by atoms with Crippen molar-refractivity contribution < 1.29 is 14.3 Å². The molecule has 0 aliphatic carbocycles. The number of H-pyrrole nitrogens is 1. The molecule has 0 fully saturated rings. The number of aliphatic hydroxyl groups excluding tert-OH is 1. The van der Waals surface area contributed by atoms with Crippen molar-refractivity contribution in [1.82, 2.24) is 15.2 Å². The minimum atomic E-state index is -0.391. The van der Waals surface area contributed by atoms with Gasteiger partial charge in [0.2, 0.25) is 5.82 Å². The number of furan rings is 1. The fourth-order valence-electron chi connectivity index (χ4n) is 2.14. The summed E-state index contributed by atoms with van der Waals surface area (Å²) < 4.78 is 5.14. The third kappa shape index (κ3) is 3.49. The Labute approximate surface area is 136 Å². The summed E-state index contributed by atoms with van der Waals surface area (Å²) in [6, 6.07) is 7.36. The topological polar surface area (TPSA) is 92.0 Å². The third-order valence-corrected chi connectivity index (χ3v) is 3.44. The highest BCUT2D eigenvalue weighted by atomic mass is 35.5. The lowest BCUT2D eigenvalue weighted by Gasteiger charge is -2.02. The molecular formula is C16H12ClN3O3. The molecule has 2 aromatic heterocycles. The first-order valence-corrected chi connectivity index (χ1v) is 7.12. The van der Waals surface area contributed by atoms with E-state index in [0.717, 1.165) is 11.6 Å². The summed E-state index contributed by atoms with van der Waals surface area (Å²) in [6.45, 7) is 0. The van der Waals surface area contributed by atoms with Gasteiger partial charge in [0, 0.05) is 23.1 Å². The van der Waals surface area contributed by atoms with Crippen LogP contribution in [-0.2, 0) is 6.42 Å². The zero-order chi connectivity index (χ0) is 16.2. The van der Waals surface area contributed by atoms with Crippen LogP contribution in [0.15, 0.2) is 53.6 Å². The summed E-state index contributed by atoms with van der Waals surface area (Å²) in [7, 11) is 0. The van der Waals surface area contributed by atoms with Gasteiger partial charge in [-0.25, -0.2) is 4.98 Å². The fourth-order valence-corrected chi connectivity index (χ4v) is 2.36. The summed E-state index contributed by atoms with van der Waals surface area (Å²) in [5.74, 6) is -0.650. The van der Waals surface area contributed by atoms with Gasteiger partial charge < -0.3 is 9.52 Å². The maximum Gasteiger partial charge on any atom is 0.215 e. The van der Waals surface area contributed by atoms with E-state index in [1.165, 1.54) is 18.9 Å². The van der Waals surface area contributed by atoms with Crippen LogP contribution in [0, 0.1) is 0 Å². The van der Waals surface area contributed by atoms with Gasteiger partial charge in [-0.3, -0.25) is 9.89 Å². The number of aromatic amines is 1. The average molecular weight is 330 g/mol. The number of carbonyl (C=O) groups excluding carboxylic acids is 1. The van der Waals surface area contributed by atoms with Crippen LogP contribution in [-0.4, -0.2) is 26.1 Å². The molecule has 116 valence electrons. The van der Waals surface area contributed by atoms with Crippen molar-refractivity contribution in [2.75, 3.05) is 0 Å². The Hall–Kier alpha value is -2.86. The van der Waals surface area contributed by atoms with Crippen LogP contribution in [0.1, 0.15) is 27.3 Å². The number of carbonyl (C=O) groups is 1. The summed E-state index contributed by atoms with van der Waals surface area (Å²) >= 11 is 5.96. The minimum Gasteiger partial charge on any atom is -0.504 e. The molecule has 0 saturated carbocycles. The number of halogens is 1. The van der Waals surface area contributed by atoms with E-state index in [1.807, 2.05) is 18.2 Å². The molecule has 0 saturated heterocycles. The SMILES string of the molecule is O=C(C=C(O)c1nc[nH]n1)c1cocc1Cc1cccc(Cl)c1. The average Bonchev–Trinajstić information content (AvgIpc) is 3.18. The normalized spacial score (nSPS) is 11.6. The predicted octanol–water partition coefficient (Wildman–Crippen LogP) is 3.42. The van der Waals surface area contributed by atoms with Gasteiger partial charge in [-0.15, -0.1) is 0 Å². The second-order valence-corrected chi connectivity index (χ2v) is 5.27. The number of allylic oxidation sites excluding steroid dienone is 1. The Bertz CT molecular complexity index is 853. The van der Waals surface area contributed by atoms with Crippen LogP contribution in [0.25, 0.3) is 5.76 Å². The molecule has 23 heavy (non-hydrogen) atoms. The number of hydrogen-bond acceptors (Lipinski definition) is 5. The third-order valence-electron chi connectivity index (χ3n) is 3.20. The summed E-state index contributed by atoms with van der Waals surface area (Å²) in [6.07, 6.45) is 5.73. The molecule has 6 nitrogen and oxygen atoms in total. The number of aliphatic hydroxyl groups is 1. The molecule has 2 heterocycles. The van der Waals surface area contributed by atoms with E-state index in [2.05, 4.69) is 15.2 Å². The lowest BCUT2D eigenvalue weighted by molar-refractivity contribution is 0.104. The molecule has 3 aromatic rings. The lowest BCUT2D eigenvalue weighted by Crippen LogP contribution is -2.00. The van der Waals surface area contributed by atoms with E-state index in [-0.39, 0.29) is 11.6 Å². The van der Waals surface area contributed by atoms with Crippen molar-refractivity contribution in [3.05, 3.63) is 76.7 Å². The zero-order valence-corrected chi connectivity index (χ0v) is 12.6. The Balaban J connectivity index is 1.83. The van der Waals surface area contributed by atoms with E-state index < -0.39 is 5.78 Å². The smallest absolute Gasteiger partial charge is 0.215 e. The van der Waals surface area contributed by atoms with Gasteiger partial charge in [-0.2, -0.15) is 5.10 Å². The predicted molar refractivity (Wildman–Crippen MR) is 84.3 cm³/mol. The summed E-state index contributed by atoms with van der Waals surface area (Å²) in [4.78, 5) is 16.1. The van der Waals surface area contributed by atoms with E-state index >= 15 is 0 Å². The van der Waals surface area contributed by atoms with E-state index in [9.17, 15) is 9.90 Å². The molecule has 3 rings (SSSR count). The van der Waals surface area contributed by atoms with Crippen molar-refractivity contribution in [2.45, 2.75) is 6.42 Å². The Morgan fingerprint density at radius 3 is 3.00 bits per heavy atom. The Kier molecular flexibility index (Phi) is 4.25. The molecule has 0 bridgehead atoms. The van der Waals surface area contributed by atoms with Gasteiger partial charge in [0.05, 0.1) is 11.8 Å². The summed E-state index contributed by atoms with van der Waals surface area (Å²) in [5.41, 5.74) is 2.03. The number of hydrogen-bond donors (Lipinski definition) is 2. The van der Waals surface area contributed by atoms with Gasteiger partial charge in [0.25, 0.3) is 0 Å². The van der Waals surface area contributed by atoms with E-state index in [0.29, 0.717) is 22.6 Å². The minimum absolute atomic E-state index is 0.0539. The van der Waals surface area contributed by atoms with Gasteiger partial charge in [-0.05, 0) is 17.7 Å². The standard InChI is InChI=1S/C16H12ClN3O3/c17-12-3-1-2-10(5-12)4-11-7-23-8-13(11)14(21)6-15(22)16-18-9-19-20-16/h1-3,5-9,22H,4H2,(H,18,19,20). The van der Waals surface area contributed by atoms with Crippen molar-refractivity contribution >= 4 is 23.1 Å². The molecule has 0 spiro atoms. The molecule has 2 N–H and O–H groups in total. The summed E-state index contributed by atoms with van der Waals surface area (Å²) in [5, 5.41) is 16.6. The highest BCUT2D eigenvalue weighted by Crippen LogP contribution is 2.20. The van der Waals surface area contributed by atoms with Crippen LogP contribution < -0.4 is 0 Å². The molecular weight excluding hydrogens is 318 g/mol. The largest absolute Gasteiger partial charge is 0.504 e. The van der Waals surface area contributed by atoms with E-state index in [4.69, 9.17) is 16.0 Å². The molecule has 0 aliphatic heterocycles. The Morgan fingerprint density at radius 2 is 2.26 bits per heavy atom. The van der Waals surface area contributed by atoms with Gasteiger partial charge in [0.15, 0.2) is 11.5 Å². The maximum absolute atomic E-state index is 12.3. The van der Waals surface area contributed by atoms with E-state index in [1.54, 1.807) is 6.07 Å². The van der Waals surface area contributed by atoms with Crippen LogP contribution >= 0.6 is 11.6 Å². The first-order chi connectivity index (χ1) is 11.1. The lowest BCUT2D eigenvalue weighted by atomic mass is 10.0. The van der Waals surface area contributed by atoms with Gasteiger partial charge >= 0.3 is 0 Å². The number of benzene rings is 1. The Morgan fingerprint density at radius 1 is 1.39 bits per heavy atom. The number of aromatic nitrogens is 3. The molecule has 1 aromatic carbocycles. The second-order valence-electron chi connectivity index (χ2n) is 4.83. The molecule has 0 radical (unpaired) electrons. The molecule has 0 unspecified atom stereocenters. The quantitative estimate of drug-likeness (QED) is 0.425. The van der Waals surface area contributed by atoms with Crippen molar-refractivity contribution in [3.63, 3.8) is 0 Å². The van der Waals surface area contributed by atoms with Crippen LogP contribution in [0.5, 0.6) is 0 Å². The second kappa shape index (κ2) is 6.50. The fraction of sp³-hybridized carbons (Fsp3) is 0.0625. The highest BCUT2D eigenvalue weighted by molar-refractivity contribution is 6.30. The highest BCUT2D eigenvalue weighted by Gasteiger charge is 2.15. The van der Waals surface area contributed by atoms with Crippen LogP contribution in [0.2, 0.25) is 5.02 Å². The maximum atomic E-state index is 12.3. The van der Waals surface area contributed by atoms with Crippen LogP contribution in [0.3, 0.4) is 0 Å². The van der Waals surface area contributed by atoms with Gasteiger partial charge in [-0.1, -0.05) is 23.7 Å². The number of nitrogens with one attached hydrogen (secondary N) is 1. The first-order valence-electron chi connectivity index (χ1n) is 6.74. The number of rotatable bonds is 5. The van der Waals surface area contributed by atoms with Crippen molar-refractivity contribution in [2.24, 2.45) is 0 Å². The number of nitrogens with zero attached hydrogens (tertiary/aromatic N) is 2. The van der Waals surface area contributed by atoms with Gasteiger partial charge in [0.1, 0.15) is 12.6 Å². The zero-order valence-electron chi connectivity index (χ0n) is 11.9. The van der Waals surface area contributed by atoms with Crippen LogP contribution in [0.4, 0.5) is 0 Å². The molecule has 0 aliphatic rings. The molecule has 7 heteroatoms.